The van der Waals surface area contributed by atoms with Crippen molar-refractivity contribution in [1.29, 1.82) is 0 Å². The number of hydrogen-bond acceptors (Lipinski definition) is 8. The molecule has 3 heterocycles. The van der Waals surface area contributed by atoms with Gasteiger partial charge in [-0.15, -0.1) is 17.8 Å². The minimum Gasteiger partial charge on any atom is -0.436 e. The summed E-state index contributed by atoms with van der Waals surface area (Å²) in [5.41, 5.74) is 3.23. The fraction of sp³-hybridized carbons (Fsp3) is 0.278. The number of amides is 1. The monoisotopic (exact) mass is 397 g/mol. The molecule has 0 radical (unpaired) electrons. The number of alkyl carbamates (subject to hydrolysis) is 1. The predicted octanol–water partition coefficient (Wildman–Crippen LogP) is 1.96. The van der Waals surface area contributed by atoms with Crippen molar-refractivity contribution < 1.29 is 9.53 Å². The predicted molar refractivity (Wildman–Crippen MR) is 105 cm³/mol. The lowest BCUT2D eigenvalue weighted by molar-refractivity contribution is 0.159. The molecule has 28 heavy (non-hydrogen) atoms. The van der Waals surface area contributed by atoms with Crippen molar-refractivity contribution in [2.45, 2.75) is 20.0 Å². The van der Waals surface area contributed by atoms with E-state index >= 15 is 0 Å². The molecule has 3 rings (SSSR count). The van der Waals surface area contributed by atoms with Gasteiger partial charge < -0.3 is 15.4 Å². The van der Waals surface area contributed by atoms with Crippen molar-refractivity contribution in [2.24, 2.45) is 0 Å². The summed E-state index contributed by atoms with van der Waals surface area (Å²) in [6.07, 6.45) is 9.42. The summed E-state index contributed by atoms with van der Waals surface area (Å²) in [6.45, 7) is 3.67. The van der Waals surface area contributed by atoms with Gasteiger partial charge in [-0.1, -0.05) is 12.8 Å². The van der Waals surface area contributed by atoms with Crippen LogP contribution in [0.4, 0.5) is 4.79 Å². The van der Waals surface area contributed by atoms with E-state index in [0.29, 0.717) is 6.54 Å². The highest BCUT2D eigenvalue weighted by Crippen LogP contribution is 2.34. The minimum atomic E-state index is -0.578. The molecule has 3 N–H and O–H groups in total. The molecule has 9 nitrogen and oxygen atoms in total. The average Bonchev–Trinajstić information content (AvgIpc) is 3.36. The van der Waals surface area contributed by atoms with Crippen molar-refractivity contribution in [3.8, 4) is 33.5 Å². The Morgan fingerprint density at radius 1 is 1.36 bits per heavy atom. The van der Waals surface area contributed by atoms with E-state index < -0.39 is 6.09 Å². The molecule has 0 aromatic carbocycles. The minimum absolute atomic E-state index is 0.0688. The molecule has 0 spiro atoms. The number of terminal acetylenes is 1. The number of carbonyl (C=O) groups is 1. The van der Waals surface area contributed by atoms with Gasteiger partial charge in [0.25, 0.3) is 0 Å². The zero-order valence-electron chi connectivity index (χ0n) is 15.2. The standard InChI is InChI=1S/C18H19N7O2S/c1-3-5-27-18(26)22-9-13-6-14(25-24-13)16-15(10-19-4-2)23-17(28-16)12-7-20-11-21-8-12/h1,6-8,11,19H,4-5,9-10H2,2H3,(H,22,26)(H,24,25). The number of thiazole rings is 1. The number of H-pyrrole nitrogens is 1. The van der Waals surface area contributed by atoms with Crippen molar-refractivity contribution in [3.05, 3.63) is 36.2 Å². The Kier molecular flexibility index (Phi) is 6.67. The highest BCUT2D eigenvalue weighted by atomic mass is 32.1. The van der Waals surface area contributed by atoms with Crippen LogP contribution in [0.2, 0.25) is 0 Å². The Bertz CT molecular complexity index is 962. The molecule has 0 bridgehead atoms. The number of hydrogen-bond donors (Lipinski definition) is 3. The van der Waals surface area contributed by atoms with Crippen LogP contribution in [0.25, 0.3) is 21.1 Å². The van der Waals surface area contributed by atoms with Crippen molar-refractivity contribution in [2.75, 3.05) is 13.2 Å². The third-order valence-electron chi connectivity index (χ3n) is 3.62. The summed E-state index contributed by atoms with van der Waals surface area (Å²) >= 11 is 1.52. The van der Waals surface area contributed by atoms with E-state index in [4.69, 9.17) is 16.1 Å². The summed E-state index contributed by atoms with van der Waals surface area (Å²) in [7, 11) is 0. The maximum atomic E-state index is 11.5. The summed E-state index contributed by atoms with van der Waals surface area (Å²) in [5.74, 6) is 2.24. The molecule has 0 aliphatic carbocycles. The van der Waals surface area contributed by atoms with E-state index in [-0.39, 0.29) is 13.2 Å². The summed E-state index contributed by atoms with van der Waals surface area (Å²) in [5, 5.41) is 14.0. The van der Waals surface area contributed by atoms with Crippen LogP contribution in [0.5, 0.6) is 0 Å². The largest absolute Gasteiger partial charge is 0.436 e. The lowest BCUT2D eigenvalue weighted by atomic mass is 10.2. The fourth-order valence-corrected chi connectivity index (χ4v) is 3.36. The van der Waals surface area contributed by atoms with Gasteiger partial charge in [0.05, 0.1) is 22.8 Å². The number of rotatable bonds is 8. The maximum absolute atomic E-state index is 11.5. The zero-order valence-corrected chi connectivity index (χ0v) is 16.0. The van der Waals surface area contributed by atoms with Gasteiger partial charge in [0.1, 0.15) is 17.0 Å². The number of carbonyl (C=O) groups excluding carboxylic acids is 1. The number of ether oxygens (including phenoxy) is 1. The van der Waals surface area contributed by atoms with Gasteiger partial charge in [0.15, 0.2) is 6.61 Å². The second-order valence-corrected chi connectivity index (χ2v) is 6.61. The van der Waals surface area contributed by atoms with E-state index in [2.05, 4.69) is 36.7 Å². The van der Waals surface area contributed by atoms with Crippen LogP contribution < -0.4 is 10.6 Å². The summed E-state index contributed by atoms with van der Waals surface area (Å²) in [6, 6.07) is 1.87. The van der Waals surface area contributed by atoms with Crippen LogP contribution in [-0.4, -0.2) is 44.4 Å². The molecule has 0 aliphatic heterocycles. The van der Waals surface area contributed by atoms with Crippen LogP contribution in [0.15, 0.2) is 24.8 Å². The molecule has 0 aliphatic rings. The van der Waals surface area contributed by atoms with Crippen molar-refractivity contribution in [1.82, 2.24) is 35.8 Å². The van der Waals surface area contributed by atoms with Gasteiger partial charge >= 0.3 is 6.09 Å². The van der Waals surface area contributed by atoms with Gasteiger partial charge in [-0.3, -0.25) is 5.10 Å². The normalized spacial score (nSPS) is 10.4. The molecular weight excluding hydrogens is 378 g/mol. The van der Waals surface area contributed by atoms with Crippen LogP contribution in [0.3, 0.4) is 0 Å². The van der Waals surface area contributed by atoms with Gasteiger partial charge in [0, 0.05) is 24.5 Å². The smallest absolute Gasteiger partial charge is 0.408 e. The number of nitrogens with zero attached hydrogens (tertiary/aromatic N) is 4. The van der Waals surface area contributed by atoms with E-state index in [1.807, 2.05) is 13.0 Å². The molecule has 144 valence electrons. The first-order valence-electron chi connectivity index (χ1n) is 8.55. The van der Waals surface area contributed by atoms with Gasteiger partial charge in [-0.25, -0.2) is 19.7 Å². The topological polar surface area (TPSA) is 118 Å². The van der Waals surface area contributed by atoms with E-state index in [1.165, 1.54) is 17.7 Å². The van der Waals surface area contributed by atoms with Crippen molar-refractivity contribution >= 4 is 17.4 Å². The molecule has 3 aromatic heterocycles. The van der Waals surface area contributed by atoms with Crippen LogP contribution in [0.1, 0.15) is 18.3 Å². The quantitative estimate of drug-likeness (QED) is 0.497. The van der Waals surface area contributed by atoms with Crippen LogP contribution in [0, 0.1) is 12.3 Å². The van der Waals surface area contributed by atoms with Crippen molar-refractivity contribution in [3.63, 3.8) is 0 Å². The highest BCUT2D eigenvalue weighted by Gasteiger charge is 2.17. The lowest BCUT2D eigenvalue weighted by Crippen LogP contribution is -2.24. The highest BCUT2D eigenvalue weighted by molar-refractivity contribution is 7.18. The molecule has 1 amide bonds. The first kappa shape index (κ1) is 19.5. The Balaban J connectivity index is 1.78. The maximum Gasteiger partial charge on any atom is 0.408 e. The first-order chi connectivity index (χ1) is 13.7. The Morgan fingerprint density at radius 2 is 2.18 bits per heavy atom. The summed E-state index contributed by atoms with van der Waals surface area (Å²) in [4.78, 5) is 25.3. The fourth-order valence-electron chi connectivity index (χ4n) is 2.34. The van der Waals surface area contributed by atoms with Gasteiger partial charge in [0.2, 0.25) is 0 Å². The Hall–Kier alpha value is -3.29. The van der Waals surface area contributed by atoms with Gasteiger partial charge in [-0.2, -0.15) is 5.10 Å². The Labute approximate surface area is 166 Å². The molecule has 0 unspecified atom stereocenters. The number of aromatic nitrogens is 5. The van der Waals surface area contributed by atoms with E-state index in [9.17, 15) is 4.79 Å². The SMILES string of the molecule is C#CCOC(=O)NCc1cc(-c2sc(-c3cncnc3)nc2CNCC)n[nH]1. The van der Waals surface area contributed by atoms with Crippen LogP contribution in [-0.2, 0) is 17.8 Å². The molecule has 0 atom stereocenters. The molecule has 10 heteroatoms. The molecular formula is C18H19N7O2S. The van der Waals surface area contributed by atoms with E-state index in [1.54, 1.807) is 12.4 Å². The second kappa shape index (κ2) is 9.59. The molecule has 3 aromatic rings. The molecule has 0 saturated heterocycles. The van der Waals surface area contributed by atoms with Gasteiger partial charge in [-0.05, 0) is 12.6 Å². The number of nitrogens with one attached hydrogen (secondary N) is 3. The summed E-state index contributed by atoms with van der Waals surface area (Å²) < 4.78 is 4.77. The third-order valence-corrected chi connectivity index (χ3v) is 4.79. The molecule has 0 saturated carbocycles. The lowest BCUT2D eigenvalue weighted by Gasteiger charge is -2.02. The second-order valence-electron chi connectivity index (χ2n) is 5.61. The zero-order chi connectivity index (χ0) is 19.8. The third kappa shape index (κ3) is 4.91. The average molecular weight is 397 g/mol. The molecule has 0 fully saturated rings. The Morgan fingerprint density at radius 3 is 2.93 bits per heavy atom. The number of aromatic amines is 1. The van der Waals surface area contributed by atoms with E-state index in [0.717, 1.165) is 39.1 Å². The first-order valence-corrected chi connectivity index (χ1v) is 9.37. The van der Waals surface area contributed by atoms with Crippen LogP contribution >= 0.6 is 11.3 Å².